The van der Waals surface area contributed by atoms with E-state index in [9.17, 15) is 9.59 Å². The summed E-state index contributed by atoms with van der Waals surface area (Å²) in [7, 11) is 1.71. The first-order valence-electron chi connectivity index (χ1n) is 15.6. The standard InChI is InChI=1S/C37H45NO5/c1-6-8-14-34(31-21-16-27(23-26(3)4)24-35(31)41-5)43-30-19-17-28(18-20-30)37(40)32-25-29(12-11-15-36(39)42-7-2)38-22-10-9-13-33(32)38/h9-10,13,16-22,24-26,34H,6-8,11-12,14-15,23H2,1-5H3. The molecule has 6 nitrogen and oxygen atoms in total. The predicted molar refractivity (Wildman–Crippen MR) is 171 cm³/mol. The van der Waals surface area contributed by atoms with Gasteiger partial charge in [-0.3, -0.25) is 9.59 Å². The van der Waals surface area contributed by atoms with E-state index in [1.165, 1.54) is 5.56 Å². The molecule has 0 N–H and O–H groups in total. The lowest BCUT2D eigenvalue weighted by atomic mass is 9.97. The summed E-state index contributed by atoms with van der Waals surface area (Å²) in [5, 5.41) is 0. The SMILES string of the molecule is CCCCC(Oc1ccc(C(=O)c2cc(CCCC(=O)OCC)n3ccccc23)cc1)c1ccc(CC(C)C)cc1OC. The van der Waals surface area contributed by atoms with Crippen LogP contribution in [-0.2, 0) is 22.4 Å². The highest BCUT2D eigenvalue weighted by Gasteiger charge is 2.21. The first-order chi connectivity index (χ1) is 20.8. The zero-order chi connectivity index (χ0) is 30.8. The van der Waals surface area contributed by atoms with E-state index in [0.717, 1.165) is 48.2 Å². The molecule has 0 fully saturated rings. The minimum Gasteiger partial charge on any atom is -0.496 e. The van der Waals surface area contributed by atoms with Crippen molar-refractivity contribution in [3.05, 3.63) is 101 Å². The summed E-state index contributed by atoms with van der Waals surface area (Å²) in [6, 6.07) is 21.7. The quantitative estimate of drug-likeness (QED) is 0.0976. The monoisotopic (exact) mass is 583 g/mol. The van der Waals surface area contributed by atoms with E-state index in [0.29, 0.717) is 48.7 Å². The van der Waals surface area contributed by atoms with Crippen molar-refractivity contribution in [1.82, 2.24) is 4.40 Å². The molecule has 0 spiro atoms. The maximum Gasteiger partial charge on any atom is 0.305 e. The van der Waals surface area contributed by atoms with E-state index in [-0.39, 0.29) is 17.9 Å². The Balaban J connectivity index is 1.52. The molecule has 2 aromatic heterocycles. The molecule has 0 saturated carbocycles. The number of hydrogen-bond donors (Lipinski definition) is 0. The minimum absolute atomic E-state index is 0.0446. The number of aromatic nitrogens is 1. The van der Waals surface area contributed by atoms with Crippen molar-refractivity contribution in [2.24, 2.45) is 5.92 Å². The summed E-state index contributed by atoms with van der Waals surface area (Å²) in [6.45, 7) is 8.80. The summed E-state index contributed by atoms with van der Waals surface area (Å²) in [4.78, 5) is 25.5. The van der Waals surface area contributed by atoms with Crippen LogP contribution in [0.5, 0.6) is 11.5 Å². The number of fused-ring (bicyclic) bond motifs is 1. The van der Waals surface area contributed by atoms with Crippen LogP contribution in [0.4, 0.5) is 0 Å². The second kappa shape index (κ2) is 15.4. The molecule has 228 valence electrons. The van der Waals surface area contributed by atoms with Gasteiger partial charge in [-0.15, -0.1) is 0 Å². The van der Waals surface area contributed by atoms with E-state index < -0.39 is 0 Å². The fourth-order valence-corrected chi connectivity index (χ4v) is 5.54. The Bertz CT molecular complexity index is 1500. The zero-order valence-electron chi connectivity index (χ0n) is 26.2. The van der Waals surface area contributed by atoms with Gasteiger partial charge in [0.15, 0.2) is 5.78 Å². The Morgan fingerprint density at radius 1 is 0.930 bits per heavy atom. The molecular formula is C37H45NO5. The van der Waals surface area contributed by atoms with E-state index in [4.69, 9.17) is 14.2 Å². The number of methoxy groups -OCH3 is 1. The normalized spacial score (nSPS) is 12.0. The molecule has 0 saturated heterocycles. The van der Waals surface area contributed by atoms with Gasteiger partial charge >= 0.3 is 5.97 Å². The molecule has 0 aliphatic heterocycles. The van der Waals surface area contributed by atoms with Gasteiger partial charge in [0.25, 0.3) is 0 Å². The van der Waals surface area contributed by atoms with Crippen LogP contribution in [0.15, 0.2) is 72.9 Å². The zero-order valence-corrected chi connectivity index (χ0v) is 26.2. The number of benzene rings is 2. The summed E-state index contributed by atoms with van der Waals surface area (Å²) >= 11 is 0. The summed E-state index contributed by atoms with van der Waals surface area (Å²) in [5.74, 6) is 1.89. The number of ketones is 1. The second-order valence-corrected chi connectivity index (χ2v) is 11.4. The average Bonchev–Trinajstić information content (AvgIpc) is 3.37. The number of ether oxygens (including phenoxy) is 3. The number of carbonyl (C=O) groups excluding carboxylic acids is 2. The van der Waals surface area contributed by atoms with Crippen molar-refractivity contribution in [2.75, 3.05) is 13.7 Å². The molecular weight excluding hydrogens is 538 g/mol. The Morgan fingerprint density at radius 2 is 1.72 bits per heavy atom. The molecule has 2 heterocycles. The number of hydrogen-bond acceptors (Lipinski definition) is 5. The van der Waals surface area contributed by atoms with Crippen LogP contribution < -0.4 is 9.47 Å². The maximum atomic E-state index is 13.7. The van der Waals surface area contributed by atoms with E-state index in [2.05, 4.69) is 39.0 Å². The molecule has 0 aliphatic carbocycles. The third-order valence-corrected chi connectivity index (χ3v) is 7.62. The second-order valence-electron chi connectivity index (χ2n) is 11.4. The third kappa shape index (κ3) is 8.28. The van der Waals surface area contributed by atoms with Gasteiger partial charge in [-0.05, 0) is 99.0 Å². The fraction of sp³-hybridized carbons (Fsp3) is 0.405. The van der Waals surface area contributed by atoms with E-state index in [1.807, 2.05) is 66.1 Å². The number of nitrogens with zero attached hydrogens (tertiary/aromatic N) is 1. The highest BCUT2D eigenvalue weighted by Crippen LogP contribution is 2.34. The third-order valence-electron chi connectivity index (χ3n) is 7.62. The van der Waals surface area contributed by atoms with Crippen molar-refractivity contribution in [3.63, 3.8) is 0 Å². The van der Waals surface area contributed by atoms with Gasteiger partial charge in [-0.1, -0.05) is 45.4 Å². The molecule has 0 bridgehead atoms. The Hall–Kier alpha value is -4.06. The first kappa shape index (κ1) is 31.9. The summed E-state index contributed by atoms with van der Waals surface area (Å²) < 4.78 is 19.4. The van der Waals surface area contributed by atoms with Gasteiger partial charge < -0.3 is 18.6 Å². The van der Waals surface area contributed by atoms with Crippen LogP contribution in [0.25, 0.3) is 5.52 Å². The van der Waals surface area contributed by atoms with Gasteiger partial charge in [0.05, 0.1) is 19.2 Å². The number of rotatable bonds is 16. The number of unbranched alkanes of at least 4 members (excludes halogenated alkanes) is 1. The fourth-order valence-electron chi connectivity index (χ4n) is 5.54. The smallest absolute Gasteiger partial charge is 0.305 e. The molecule has 0 aliphatic rings. The molecule has 43 heavy (non-hydrogen) atoms. The highest BCUT2D eigenvalue weighted by atomic mass is 16.5. The Morgan fingerprint density at radius 3 is 2.42 bits per heavy atom. The average molecular weight is 584 g/mol. The van der Waals surface area contributed by atoms with Crippen molar-refractivity contribution in [3.8, 4) is 11.5 Å². The largest absolute Gasteiger partial charge is 0.496 e. The van der Waals surface area contributed by atoms with E-state index in [1.54, 1.807) is 7.11 Å². The van der Waals surface area contributed by atoms with Gasteiger partial charge in [-0.25, -0.2) is 0 Å². The van der Waals surface area contributed by atoms with Crippen molar-refractivity contribution in [2.45, 2.75) is 78.7 Å². The lowest BCUT2D eigenvalue weighted by molar-refractivity contribution is -0.143. The number of aryl methyl sites for hydroxylation is 1. The molecule has 0 amide bonds. The summed E-state index contributed by atoms with van der Waals surface area (Å²) in [5.41, 5.74) is 5.39. The van der Waals surface area contributed by atoms with Crippen LogP contribution in [0.2, 0.25) is 0 Å². The molecule has 4 aromatic rings. The number of carbonyl (C=O) groups is 2. The molecule has 1 unspecified atom stereocenters. The van der Waals surface area contributed by atoms with Crippen molar-refractivity contribution in [1.29, 1.82) is 0 Å². The van der Waals surface area contributed by atoms with Crippen LogP contribution in [0.1, 0.15) is 98.6 Å². The minimum atomic E-state index is -0.194. The lowest BCUT2D eigenvalue weighted by Gasteiger charge is -2.22. The molecule has 1 atom stereocenters. The molecule has 4 rings (SSSR count). The van der Waals surface area contributed by atoms with Gasteiger partial charge in [0.1, 0.15) is 17.6 Å². The van der Waals surface area contributed by atoms with Gasteiger partial charge in [0, 0.05) is 35.0 Å². The predicted octanol–water partition coefficient (Wildman–Crippen LogP) is 8.57. The van der Waals surface area contributed by atoms with Crippen LogP contribution in [0, 0.1) is 5.92 Å². The van der Waals surface area contributed by atoms with Gasteiger partial charge in [0.2, 0.25) is 0 Å². The van der Waals surface area contributed by atoms with Crippen molar-refractivity contribution >= 4 is 17.3 Å². The maximum absolute atomic E-state index is 13.7. The summed E-state index contributed by atoms with van der Waals surface area (Å²) in [6.07, 6.45) is 7.45. The van der Waals surface area contributed by atoms with Crippen LogP contribution in [-0.4, -0.2) is 29.9 Å². The van der Waals surface area contributed by atoms with Gasteiger partial charge in [-0.2, -0.15) is 0 Å². The number of esters is 1. The molecule has 0 radical (unpaired) electrons. The van der Waals surface area contributed by atoms with E-state index >= 15 is 0 Å². The lowest BCUT2D eigenvalue weighted by Crippen LogP contribution is -2.10. The van der Waals surface area contributed by atoms with Crippen LogP contribution >= 0.6 is 0 Å². The highest BCUT2D eigenvalue weighted by molar-refractivity contribution is 6.13. The molecule has 2 aromatic carbocycles. The number of pyridine rings is 1. The topological polar surface area (TPSA) is 66.2 Å². The van der Waals surface area contributed by atoms with Crippen molar-refractivity contribution < 1.29 is 23.8 Å². The Kier molecular flexibility index (Phi) is 11.4. The Labute approximate surface area is 256 Å². The molecule has 6 heteroatoms. The first-order valence-corrected chi connectivity index (χ1v) is 15.6. The van der Waals surface area contributed by atoms with Crippen LogP contribution in [0.3, 0.4) is 0 Å².